The number of nitrogens with zero attached hydrogens (tertiary/aromatic N) is 3. The summed E-state index contributed by atoms with van der Waals surface area (Å²) in [5, 5.41) is 9.51. The van der Waals surface area contributed by atoms with Gasteiger partial charge in [0.2, 0.25) is 15.9 Å². The van der Waals surface area contributed by atoms with Crippen molar-refractivity contribution >= 4 is 10.0 Å². The van der Waals surface area contributed by atoms with Gasteiger partial charge in [0, 0.05) is 39.0 Å². The molecule has 2 fully saturated rings. The highest BCUT2D eigenvalue weighted by Crippen LogP contribution is 2.41. The molecule has 2 rings (SSSR count). The molecule has 2 aliphatic rings. The molecule has 0 aromatic heterocycles. The Morgan fingerprint density at radius 2 is 1.64 bits per heavy atom. The molecule has 5 nitrogen and oxygen atoms in total. The Morgan fingerprint density at radius 1 is 1.09 bits per heavy atom. The lowest BCUT2D eigenvalue weighted by molar-refractivity contribution is -0.0716. The lowest BCUT2D eigenvalue weighted by atomic mass is 9.79. The molecule has 1 saturated carbocycles. The number of nitriles is 1. The summed E-state index contributed by atoms with van der Waals surface area (Å²) in [5.74, 6) is -2.55. The van der Waals surface area contributed by atoms with Crippen LogP contribution in [0.1, 0.15) is 39.0 Å². The monoisotopic (exact) mass is 335 g/mol. The molecule has 1 heterocycles. The summed E-state index contributed by atoms with van der Waals surface area (Å²) in [4.78, 5) is 1.90. The Hall–Kier alpha value is -0.780. The van der Waals surface area contributed by atoms with Crippen molar-refractivity contribution in [2.24, 2.45) is 0 Å². The molecule has 1 aliphatic heterocycles. The van der Waals surface area contributed by atoms with Gasteiger partial charge in [-0.15, -0.1) is 0 Å². The highest BCUT2D eigenvalue weighted by atomic mass is 32.2. The first-order valence-electron chi connectivity index (χ1n) is 7.77. The molecule has 0 atom stereocenters. The normalized spacial score (nSPS) is 26.5. The first kappa shape index (κ1) is 17.6. The fourth-order valence-corrected chi connectivity index (χ4v) is 4.80. The first-order valence-corrected chi connectivity index (χ1v) is 9.38. The van der Waals surface area contributed by atoms with Crippen LogP contribution in [0.2, 0.25) is 0 Å². The van der Waals surface area contributed by atoms with Crippen LogP contribution in [0.3, 0.4) is 0 Å². The Bertz CT molecular complexity index is 527. The van der Waals surface area contributed by atoms with Gasteiger partial charge in [0.05, 0.1) is 11.8 Å². The Kier molecular flexibility index (Phi) is 5.09. The van der Waals surface area contributed by atoms with Crippen LogP contribution in [0.5, 0.6) is 0 Å². The zero-order valence-corrected chi connectivity index (χ0v) is 13.7. The minimum absolute atomic E-state index is 0.128. The third-order valence-electron chi connectivity index (χ3n) is 4.72. The van der Waals surface area contributed by atoms with E-state index in [2.05, 4.69) is 6.07 Å². The van der Waals surface area contributed by atoms with E-state index >= 15 is 0 Å². The molecule has 1 aliphatic carbocycles. The van der Waals surface area contributed by atoms with Gasteiger partial charge < -0.3 is 0 Å². The van der Waals surface area contributed by atoms with E-state index in [0.29, 0.717) is 32.6 Å². The fraction of sp³-hybridized carbons (Fsp3) is 0.929. The molecule has 0 bridgehead atoms. The zero-order valence-electron chi connectivity index (χ0n) is 12.9. The van der Waals surface area contributed by atoms with E-state index in [1.165, 1.54) is 4.31 Å². The van der Waals surface area contributed by atoms with E-state index in [1.54, 1.807) is 0 Å². The van der Waals surface area contributed by atoms with Gasteiger partial charge in [-0.25, -0.2) is 17.2 Å². The van der Waals surface area contributed by atoms with Gasteiger partial charge in [-0.3, -0.25) is 4.90 Å². The maximum absolute atomic E-state index is 13.3. The highest BCUT2D eigenvalue weighted by molar-refractivity contribution is 7.89. The van der Waals surface area contributed by atoms with E-state index in [1.807, 2.05) is 11.8 Å². The number of piperazine rings is 1. The Balaban J connectivity index is 2.00. The van der Waals surface area contributed by atoms with Gasteiger partial charge in [0.15, 0.2) is 0 Å². The molecule has 126 valence electrons. The van der Waals surface area contributed by atoms with E-state index in [9.17, 15) is 22.5 Å². The molecule has 0 N–H and O–H groups in total. The van der Waals surface area contributed by atoms with Crippen molar-refractivity contribution in [1.82, 2.24) is 9.21 Å². The second kappa shape index (κ2) is 6.38. The number of hydrogen-bond acceptors (Lipinski definition) is 4. The van der Waals surface area contributed by atoms with Crippen LogP contribution in [0.25, 0.3) is 0 Å². The van der Waals surface area contributed by atoms with Crippen molar-refractivity contribution < 1.29 is 17.2 Å². The summed E-state index contributed by atoms with van der Waals surface area (Å²) in [7, 11) is -3.23. The summed E-state index contributed by atoms with van der Waals surface area (Å²) < 4.78 is 52.2. The van der Waals surface area contributed by atoms with Gasteiger partial charge in [0.25, 0.3) is 0 Å². The summed E-state index contributed by atoms with van der Waals surface area (Å²) in [6.45, 7) is 3.36. The van der Waals surface area contributed by atoms with Crippen LogP contribution in [0.15, 0.2) is 0 Å². The second-order valence-electron chi connectivity index (χ2n) is 6.20. The maximum Gasteiger partial charge on any atom is 0.248 e. The highest BCUT2D eigenvalue weighted by Gasteiger charge is 2.47. The molecular weight excluding hydrogens is 312 g/mol. The van der Waals surface area contributed by atoms with Crippen molar-refractivity contribution in [3.63, 3.8) is 0 Å². The number of halogens is 2. The Labute approximate surface area is 130 Å². The fourth-order valence-electron chi connectivity index (χ4n) is 3.31. The number of sulfonamides is 1. The Morgan fingerprint density at radius 3 is 2.09 bits per heavy atom. The first-order chi connectivity index (χ1) is 10.2. The molecule has 1 saturated heterocycles. The van der Waals surface area contributed by atoms with Crippen molar-refractivity contribution in [2.45, 2.75) is 50.5 Å². The lowest BCUT2D eigenvalue weighted by Crippen LogP contribution is -2.59. The van der Waals surface area contributed by atoms with E-state index < -0.39 is 21.5 Å². The molecule has 0 spiro atoms. The number of rotatable bonds is 4. The summed E-state index contributed by atoms with van der Waals surface area (Å²) in [6, 6.07) is 2.23. The van der Waals surface area contributed by atoms with Crippen molar-refractivity contribution in [3.05, 3.63) is 0 Å². The molecule has 22 heavy (non-hydrogen) atoms. The van der Waals surface area contributed by atoms with Crippen LogP contribution >= 0.6 is 0 Å². The van der Waals surface area contributed by atoms with Gasteiger partial charge >= 0.3 is 0 Å². The topological polar surface area (TPSA) is 64.4 Å². The van der Waals surface area contributed by atoms with E-state index in [-0.39, 0.29) is 31.4 Å². The van der Waals surface area contributed by atoms with Crippen LogP contribution in [0, 0.1) is 11.3 Å². The third-order valence-corrected chi connectivity index (χ3v) is 6.79. The van der Waals surface area contributed by atoms with Gasteiger partial charge in [-0.1, -0.05) is 6.92 Å². The van der Waals surface area contributed by atoms with Crippen LogP contribution in [0.4, 0.5) is 8.78 Å². The summed E-state index contributed by atoms with van der Waals surface area (Å²) >= 11 is 0. The minimum atomic E-state index is -3.23. The molecule has 0 amide bonds. The zero-order chi connectivity index (χ0) is 16.4. The maximum atomic E-state index is 13.3. The largest absolute Gasteiger partial charge is 0.283 e. The van der Waals surface area contributed by atoms with Gasteiger partial charge in [0.1, 0.15) is 5.54 Å². The predicted octanol–water partition coefficient (Wildman–Crippen LogP) is 1.82. The molecule has 0 radical (unpaired) electrons. The van der Waals surface area contributed by atoms with E-state index in [4.69, 9.17) is 0 Å². The van der Waals surface area contributed by atoms with Crippen molar-refractivity contribution in [2.75, 3.05) is 31.9 Å². The SMILES string of the molecule is CCCS(=O)(=O)N1CCN(C2(C#N)CCC(F)(F)CC2)CC1. The molecule has 0 unspecified atom stereocenters. The number of hydrogen-bond donors (Lipinski definition) is 0. The van der Waals surface area contributed by atoms with Gasteiger partial charge in [-0.05, 0) is 19.3 Å². The lowest BCUT2D eigenvalue weighted by Gasteiger charge is -2.46. The quantitative estimate of drug-likeness (QED) is 0.786. The smallest absolute Gasteiger partial charge is 0.248 e. The second-order valence-corrected chi connectivity index (χ2v) is 8.29. The summed E-state index contributed by atoms with van der Waals surface area (Å²) in [5.41, 5.74) is -0.859. The average Bonchev–Trinajstić information content (AvgIpc) is 2.48. The minimum Gasteiger partial charge on any atom is -0.283 e. The van der Waals surface area contributed by atoms with Gasteiger partial charge in [-0.2, -0.15) is 9.57 Å². The van der Waals surface area contributed by atoms with Crippen molar-refractivity contribution in [1.29, 1.82) is 5.26 Å². The predicted molar refractivity (Wildman–Crippen MR) is 79.0 cm³/mol. The average molecular weight is 335 g/mol. The van der Waals surface area contributed by atoms with E-state index in [0.717, 1.165) is 0 Å². The summed E-state index contributed by atoms with van der Waals surface area (Å²) in [6.07, 6.45) is 0.333. The van der Waals surface area contributed by atoms with Crippen molar-refractivity contribution in [3.8, 4) is 6.07 Å². The van der Waals surface area contributed by atoms with Crippen LogP contribution in [-0.4, -0.2) is 61.0 Å². The standard InChI is InChI=1S/C14H23F2N3O2S/c1-2-11-22(20,21)19-9-7-18(8-10-19)13(12-17)3-5-14(15,16)6-4-13/h2-11H2,1H3. The molecule has 0 aromatic carbocycles. The van der Waals surface area contributed by atoms with Crippen LogP contribution in [-0.2, 0) is 10.0 Å². The third kappa shape index (κ3) is 3.58. The molecule has 8 heteroatoms. The van der Waals surface area contributed by atoms with Crippen LogP contribution < -0.4 is 0 Å². The molecule has 0 aromatic rings. The molecular formula is C14H23F2N3O2S. The number of alkyl halides is 2.